The normalized spacial score (nSPS) is 10.6. The Labute approximate surface area is 143 Å². The van der Waals surface area contributed by atoms with Crippen molar-refractivity contribution < 1.29 is 9.53 Å². The molecule has 2 amide bonds. The smallest absolute Gasteiger partial charge is 0.339 e. The van der Waals surface area contributed by atoms with Gasteiger partial charge in [-0.1, -0.05) is 15.9 Å². The van der Waals surface area contributed by atoms with Crippen molar-refractivity contribution in [3.8, 4) is 5.75 Å². The molecule has 0 unspecified atom stereocenters. The molecule has 0 spiro atoms. The lowest BCUT2D eigenvalue weighted by Crippen LogP contribution is -2.24. The Morgan fingerprint density at radius 3 is 2.65 bits per heavy atom. The van der Waals surface area contributed by atoms with Crippen LogP contribution in [-0.2, 0) is 0 Å². The van der Waals surface area contributed by atoms with E-state index in [-0.39, 0.29) is 0 Å². The number of amides is 2. The zero-order valence-corrected chi connectivity index (χ0v) is 14.6. The maximum Gasteiger partial charge on any atom is 0.339 e. The van der Waals surface area contributed by atoms with Crippen LogP contribution >= 0.6 is 15.9 Å². The fourth-order valence-corrected chi connectivity index (χ4v) is 2.11. The molecule has 0 radical (unpaired) electrons. The van der Waals surface area contributed by atoms with E-state index in [0.717, 1.165) is 21.3 Å². The van der Waals surface area contributed by atoms with Crippen molar-refractivity contribution in [3.63, 3.8) is 0 Å². The van der Waals surface area contributed by atoms with Crippen LogP contribution < -0.4 is 15.5 Å². The summed E-state index contributed by atoms with van der Waals surface area (Å²) in [6.07, 6.45) is 1.57. The van der Waals surface area contributed by atoms with Crippen LogP contribution in [0.15, 0.2) is 52.0 Å². The number of carbonyl (C=O) groups excluding carboxylic acids is 1. The Morgan fingerprint density at radius 2 is 2.00 bits per heavy atom. The van der Waals surface area contributed by atoms with Gasteiger partial charge in [-0.2, -0.15) is 5.10 Å². The van der Waals surface area contributed by atoms with Crippen LogP contribution in [0.25, 0.3) is 0 Å². The van der Waals surface area contributed by atoms with Gasteiger partial charge in [0.05, 0.1) is 12.8 Å². The number of aryl methyl sites for hydroxylation is 1. The number of benzene rings is 2. The third-order valence-electron chi connectivity index (χ3n) is 2.99. The highest BCUT2D eigenvalue weighted by atomic mass is 79.9. The van der Waals surface area contributed by atoms with Gasteiger partial charge in [-0.3, -0.25) is 0 Å². The van der Waals surface area contributed by atoms with Gasteiger partial charge in [0.2, 0.25) is 0 Å². The van der Waals surface area contributed by atoms with Gasteiger partial charge < -0.3 is 10.1 Å². The van der Waals surface area contributed by atoms with Crippen molar-refractivity contribution in [2.24, 2.45) is 5.10 Å². The second kappa shape index (κ2) is 8.33. The fourth-order valence-electron chi connectivity index (χ4n) is 1.86. The summed E-state index contributed by atoms with van der Waals surface area (Å²) >= 11 is 3.42. The fraction of sp³-hybridized carbons (Fsp3) is 0.176. The van der Waals surface area contributed by atoms with Crippen LogP contribution in [0.3, 0.4) is 0 Å². The predicted octanol–water partition coefficient (Wildman–Crippen LogP) is 4.31. The molecule has 6 heteroatoms. The molecule has 0 aliphatic carbocycles. The van der Waals surface area contributed by atoms with Crippen molar-refractivity contribution in [2.75, 3.05) is 11.9 Å². The van der Waals surface area contributed by atoms with E-state index in [4.69, 9.17) is 4.74 Å². The Balaban J connectivity index is 1.86. The van der Waals surface area contributed by atoms with Crippen molar-refractivity contribution in [1.29, 1.82) is 0 Å². The average molecular weight is 376 g/mol. The summed E-state index contributed by atoms with van der Waals surface area (Å²) in [5, 5.41) is 6.63. The van der Waals surface area contributed by atoms with Gasteiger partial charge in [0.15, 0.2) is 0 Å². The number of rotatable bonds is 5. The quantitative estimate of drug-likeness (QED) is 0.603. The standard InChI is InChI=1S/C17H18BrN3O2/c1-3-23-15-7-4-13(5-8-15)11-19-21-17(22)20-14-6-9-16(18)12(2)10-14/h4-11H,3H2,1-2H3,(H2,20,21,22)/b19-11+. The summed E-state index contributed by atoms with van der Waals surface area (Å²) in [6, 6.07) is 12.6. The van der Waals surface area contributed by atoms with Crippen molar-refractivity contribution in [2.45, 2.75) is 13.8 Å². The Bertz CT molecular complexity index is 699. The predicted molar refractivity (Wildman–Crippen MR) is 96.2 cm³/mol. The van der Waals surface area contributed by atoms with Gasteiger partial charge in [0.1, 0.15) is 5.75 Å². The SMILES string of the molecule is CCOc1ccc(/C=N/NC(=O)Nc2ccc(Br)c(C)c2)cc1. The number of hydrazone groups is 1. The lowest BCUT2D eigenvalue weighted by atomic mass is 10.2. The largest absolute Gasteiger partial charge is 0.494 e. The molecule has 0 heterocycles. The molecular formula is C17H18BrN3O2. The molecule has 120 valence electrons. The number of halogens is 1. The Kier molecular flexibility index (Phi) is 6.17. The molecule has 5 nitrogen and oxygen atoms in total. The van der Waals surface area contributed by atoms with Crippen LogP contribution in [0.4, 0.5) is 10.5 Å². The second-order valence-electron chi connectivity index (χ2n) is 4.79. The zero-order valence-electron chi connectivity index (χ0n) is 13.0. The van der Waals surface area contributed by atoms with E-state index in [1.807, 2.05) is 56.3 Å². The van der Waals surface area contributed by atoms with Crippen LogP contribution in [0.2, 0.25) is 0 Å². The van der Waals surface area contributed by atoms with Gasteiger partial charge >= 0.3 is 6.03 Å². The van der Waals surface area contributed by atoms with E-state index in [2.05, 4.69) is 31.8 Å². The highest BCUT2D eigenvalue weighted by molar-refractivity contribution is 9.10. The monoisotopic (exact) mass is 375 g/mol. The first-order valence-electron chi connectivity index (χ1n) is 7.17. The highest BCUT2D eigenvalue weighted by Gasteiger charge is 2.01. The van der Waals surface area contributed by atoms with E-state index in [0.29, 0.717) is 12.3 Å². The molecule has 2 aromatic carbocycles. The molecule has 2 rings (SSSR count). The number of anilines is 1. The first-order valence-corrected chi connectivity index (χ1v) is 7.97. The minimum atomic E-state index is -0.395. The molecule has 2 N–H and O–H groups in total. The molecule has 0 aromatic heterocycles. The first kappa shape index (κ1) is 17.0. The molecule has 0 aliphatic rings. The summed E-state index contributed by atoms with van der Waals surface area (Å²) in [4.78, 5) is 11.8. The van der Waals surface area contributed by atoms with Crippen molar-refractivity contribution >= 4 is 33.9 Å². The van der Waals surface area contributed by atoms with Gasteiger partial charge in [-0.15, -0.1) is 0 Å². The third kappa shape index (κ3) is 5.41. The molecule has 0 bridgehead atoms. The Morgan fingerprint density at radius 1 is 1.26 bits per heavy atom. The highest BCUT2D eigenvalue weighted by Crippen LogP contribution is 2.19. The van der Waals surface area contributed by atoms with Crippen LogP contribution in [-0.4, -0.2) is 18.9 Å². The maximum atomic E-state index is 11.8. The van der Waals surface area contributed by atoms with Gasteiger partial charge in [0, 0.05) is 10.2 Å². The molecular weight excluding hydrogens is 358 g/mol. The van der Waals surface area contributed by atoms with E-state index in [9.17, 15) is 4.79 Å². The zero-order chi connectivity index (χ0) is 16.7. The van der Waals surface area contributed by atoms with Crippen molar-refractivity contribution in [3.05, 3.63) is 58.1 Å². The summed E-state index contributed by atoms with van der Waals surface area (Å²) in [7, 11) is 0. The van der Waals surface area contributed by atoms with E-state index in [1.54, 1.807) is 6.21 Å². The molecule has 0 saturated heterocycles. The van der Waals surface area contributed by atoms with Crippen LogP contribution in [0.1, 0.15) is 18.1 Å². The summed E-state index contributed by atoms with van der Waals surface area (Å²) in [6.45, 7) is 4.52. The topological polar surface area (TPSA) is 62.7 Å². The van der Waals surface area contributed by atoms with E-state index in [1.165, 1.54) is 0 Å². The van der Waals surface area contributed by atoms with E-state index < -0.39 is 6.03 Å². The number of nitrogens with zero attached hydrogens (tertiary/aromatic N) is 1. The molecule has 23 heavy (non-hydrogen) atoms. The van der Waals surface area contributed by atoms with Gasteiger partial charge in [0.25, 0.3) is 0 Å². The number of hydrogen-bond donors (Lipinski definition) is 2. The molecule has 0 atom stereocenters. The lowest BCUT2D eigenvalue weighted by molar-refractivity contribution is 0.252. The summed E-state index contributed by atoms with van der Waals surface area (Å²) in [5.74, 6) is 0.806. The van der Waals surface area contributed by atoms with Crippen molar-refractivity contribution in [1.82, 2.24) is 5.43 Å². The third-order valence-corrected chi connectivity index (χ3v) is 3.88. The van der Waals surface area contributed by atoms with Gasteiger partial charge in [-0.25, -0.2) is 10.2 Å². The molecule has 0 saturated carbocycles. The second-order valence-corrected chi connectivity index (χ2v) is 5.64. The minimum Gasteiger partial charge on any atom is -0.494 e. The molecule has 0 fully saturated rings. The van der Waals surface area contributed by atoms with Gasteiger partial charge in [-0.05, 0) is 67.4 Å². The Hall–Kier alpha value is -2.34. The number of ether oxygens (including phenoxy) is 1. The number of urea groups is 1. The number of hydrogen-bond acceptors (Lipinski definition) is 3. The lowest BCUT2D eigenvalue weighted by Gasteiger charge is -2.06. The number of carbonyl (C=O) groups is 1. The average Bonchev–Trinajstić information content (AvgIpc) is 2.53. The molecule has 0 aliphatic heterocycles. The number of nitrogens with one attached hydrogen (secondary N) is 2. The van der Waals surface area contributed by atoms with E-state index >= 15 is 0 Å². The summed E-state index contributed by atoms with van der Waals surface area (Å²) in [5.41, 5.74) is 5.05. The molecule has 2 aromatic rings. The van der Waals surface area contributed by atoms with Crippen LogP contribution in [0, 0.1) is 6.92 Å². The first-order chi connectivity index (χ1) is 11.1. The minimum absolute atomic E-state index is 0.395. The summed E-state index contributed by atoms with van der Waals surface area (Å²) < 4.78 is 6.36. The maximum absolute atomic E-state index is 11.8. The van der Waals surface area contributed by atoms with Crippen LogP contribution in [0.5, 0.6) is 5.75 Å².